The molecule has 0 bridgehead atoms. The second kappa shape index (κ2) is 3.28. The summed E-state index contributed by atoms with van der Waals surface area (Å²) in [5, 5.41) is 9.70. The lowest BCUT2D eigenvalue weighted by Crippen LogP contribution is -2.11. The number of hydrogen-bond acceptors (Lipinski definition) is 1. The first kappa shape index (κ1) is 7.81. The topological polar surface area (TPSA) is 20.2 Å². The molecular formula is C11H14O. The molecule has 0 saturated heterocycles. The first-order valence-corrected chi connectivity index (χ1v) is 4.63. The summed E-state index contributed by atoms with van der Waals surface area (Å²) in [5.41, 5.74) is 2.60. The number of allylic oxidation sites excluding steroid dienone is 4. The lowest BCUT2D eigenvalue weighted by molar-refractivity contribution is 0.250. The Hall–Kier alpha value is -0.820. The van der Waals surface area contributed by atoms with Crippen molar-refractivity contribution in [2.75, 3.05) is 0 Å². The Bertz CT molecular complexity index is 258. The fraction of sp³-hybridized carbons (Fsp3) is 0.455. The fourth-order valence-electron chi connectivity index (χ4n) is 1.94. The summed E-state index contributed by atoms with van der Waals surface area (Å²) in [6.45, 7) is 0. The van der Waals surface area contributed by atoms with Gasteiger partial charge in [0.2, 0.25) is 0 Å². The average molecular weight is 162 g/mol. The summed E-state index contributed by atoms with van der Waals surface area (Å²) in [5.74, 6) is 0. The molecule has 0 spiro atoms. The van der Waals surface area contributed by atoms with E-state index >= 15 is 0 Å². The van der Waals surface area contributed by atoms with E-state index in [-0.39, 0.29) is 6.10 Å². The van der Waals surface area contributed by atoms with Crippen LogP contribution in [0, 0.1) is 0 Å². The molecule has 1 heteroatoms. The van der Waals surface area contributed by atoms with E-state index in [2.05, 4.69) is 6.08 Å². The zero-order valence-corrected chi connectivity index (χ0v) is 7.16. The maximum Gasteiger partial charge on any atom is 0.0940 e. The van der Waals surface area contributed by atoms with Gasteiger partial charge >= 0.3 is 0 Å². The van der Waals surface area contributed by atoms with Crippen molar-refractivity contribution < 1.29 is 5.11 Å². The molecule has 1 atom stereocenters. The van der Waals surface area contributed by atoms with Gasteiger partial charge in [0, 0.05) is 0 Å². The number of aliphatic hydroxyl groups excluding tert-OH is 1. The highest BCUT2D eigenvalue weighted by Crippen LogP contribution is 2.29. The lowest BCUT2D eigenvalue weighted by Gasteiger charge is -2.19. The van der Waals surface area contributed by atoms with Gasteiger partial charge in [0.25, 0.3) is 0 Å². The molecular weight excluding hydrogens is 148 g/mol. The zero-order chi connectivity index (χ0) is 8.39. The molecule has 1 nitrogen and oxygen atoms in total. The molecule has 0 aromatic rings. The molecule has 0 saturated carbocycles. The molecule has 0 aliphatic heterocycles. The lowest BCUT2D eigenvalue weighted by atomic mass is 9.89. The summed E-state index contributed by atoms with van der Waals surface area (Å²) < 4.78 is 0. The minimum atomic E-state index is -0.324. The molecule has 64 valence electrons. The Morgan fingerprint density at radius 2 is 2.00 bits per heavy atom. The van der Waals surface area contributed by atoms with Crippen molar-refractivity contribution in [3.63, 3.8) is 0 Å². The monoisotopic (exact) mass is 162 g/mol. The van der Waals surface area contributed by atoms with Crippen LogP contribution in [0.5, 0.6) is 0 Å². The quantitative estimate of drug-likeness (QED) is 0.579. The van der Waals surface area contributed by atoms with Crippen LogP contribution in [0.3, 0.4) is 0 Å². The number of rotatable bonds is 0. The maximum atomic E-state index is 9.70. The van der Waals surface area contributed by atoms with Gasteiger partial charge in [-0.1, -0.05) is 24.3 Å². The van der Waals surface area contributed by atoms with Crippen molar-refractivity contribution in [1.82, 2.24) is 0 Å². The van der Waals surface area contributed by atoms with Crippen LogP contribution in [0.2, 0.25) is 0 Å². The molecule has 0 radical (unpaired) electrons. The Kier molecular flexibility index (Phi) is 2.13. The van der Waals surface area contributed by atoms with Crippen LogP contribution in [0.1, 0.15) is 25.7 Å². The predicted molar refractivity (Wildman–Crippen MR) is 49.8 cm³/mol. The SMILES string of the molecule is OC1C=CC=CC2=C1CCCC2. The zero-order valence-electron chi connectivity index (χ0n) is 7.16. The van der Waals surface area contributed by atoms with E-state index in [4.69, 9.17) is 0 Å². The molecule has 0 heterocycles. The van der Waals surface area contributed by atoms with Gasteiger partial charge in [0.05, 0.1) is 6.10 Å². The Morgan fingerprint density at radius 3 is 2.92 bits per heavy atom. The van der Waals surface area contributed by atoms with Gasteiger partial charge < -0.3 is 5.11 Å². The first-order valence-electron chi connectivity index (χ1n) is 4.63. The third kappa shape index (κ3) is 1.37. The van der Waals surface area contributed by atoms with E-state index in [1.54, 1.807) is 0 Å². The minimum Gasteiger partial charge on any atom is -0.385 e. The van der Waals surface area contributed by atoms with E-state index in [1.165, 1.54) is 24.0 Å². The van der Waals surface area contributed by atoms with Crippen molar-refractivity contribution in [2.45, 2.75) is 31.8 Å². The van der Waals surface area contributed by atoms with E-state index in [0.717, 1.165) is 12.8 Å². The van der Waals surface area contributed by atoms with Gasteiger partial charge in [-0.15, -0.1) is 0 Å². The standard InChI is InChI=1S/C11H14O/c12-11-8-4-2-6-9-5-1-3-7-10(9)11/h2,4,6,8,11-12H,1,3,5,7H2. The van der Waals surface area contributed by atoms with Crippen molar-refractivity contribution >= 4 is 0 Å². The van der Waals surface area contributed by atoms with Crippen molar-refractivity contribution in [2.24, 2.45) is 0 Å². The molecule has 12 heavy (non-hydrogen) atoms. The second-order valence-electron chi connectivity index (χ2n) is 3.45. The molecule has 0 aromatic carbocycles. The van der Waals surface area contributed by atoms with Gasteiger partial charge in [-0.2, -0.15) is 0 Å². The Balaban J connectivity index is 2.33. The first-order chi connectivity index (χ1) is 5.88. The summed E-state index contributed by atoms with van der Waals surface area (Å²) in [6.07, 6.45) is 12.4. The largest absolute Gasteiger partial charge is 0.385 e. The van der Waals surface area contributed by atoms with Gasteiger partial charge in [-0.25, -0.2) is 0 Å². The van der Waals surface area contributed by atoms with Gasteiger partial charge in [0.15, 0.2) is 0 Å². The Labute approximate surface area is 73.1 Å². The third-order valence-electron chi connectivity index (χ3n) is 2.61. The summed E-state index contributed by atoms with van der Waals surface area (Å²) in [6, 6.07) is 0. The van der Waals surface area contributed by atoms with Crippen molar-refractivity contribution in [3.05, 3.63) is 35.5 Å². The molecule has 2 aliphatic rings. The Morgan fingerprint density at radius 1 is 1.17 bits per heavy atom. The summed E-state index contributed by atoms with van der Waals surface area (Å²) in [7, 11) is 0. The van der Waals surface area contributed by atoms with Crippen molar-refractivity contribution in [1.29, 1.82) is 0 Å². The van der Waals surface area contributed by atoms with Gasteiger partial charge in [-0.05, 0) is 36.8 Å². The van der Waals surface area contributed by atoms with Crippen LogP contribution in [-0.4, -0.2) is 11.2 Å². The number of hydrogen-bond donors (Lipinski definition) is 1. The highest BCUT2D eigenvalue weighted by molar-refractivity contribution is 5.36. The fourth-order valence-corrected chi connectivity index (χ4v) is 1.94. The van der Waals surface area contributed by atoms with E-state index in [0.29, 0.717) is 0 Å². The minimum absolute atomic E-state index is 0.324. The van der Waals surface area contributed by atoms with Crippen LogP contribution in [0.25, 0.3) is 0 Å². The molecule has 1 unspecified atom stereocenters. The average Bonchev–Trinajstić information content (AvgIpc) is 2.29. The third-order valence-corrected chi connectivity index (χ3v) is 2.61. The van der Waals surface area contributed by atoms with E-state index in [9.17, 15) is 5.11 Å². The highest BCUT2D eigenvalue weighted by Gasteiger charge is 2.16. The van der Waals surface area contributed by atoms with Crippen LogP contribution < -0.4 is 0 Å². The predicted octanol–water partition coefficient (Wildman–Crippen LogP) is 2.34. The van der Waals surface area contributed by atoms with Crippen LogP contribution >= 0.6 is 0 Å². The van der Waals surface area contributed by atoms with Crippen LogP contribution in [0.4, 0.5) is 0 Å². The second-order valence-corrected chi connectivity index (χ2v) is 3.45. The molecule has 2 rings (SSSR count). The van der Waals surface area contributed by atoms with Crippen LogP contribution in [0.15, 0.2) is 35.5 Å². The molecule has 1 N–H and O–H groups in total. The molecule has 0 amide bonds. The molecule has 0 aromatic heterocycles. The smallest absolute Gasteiger partial charge is 0.0940 e. The summed E-state index contributed by atoms with van der Waals surface area (Å²) >= 11 is 0. The van der Waals surface area contributed by atoms with E-state index < -0.39 is 0 Å². The van der Waals surface area contributed by atoms with Crippen LogP contribution in [-0.2, 0) is 0 Å². The van der Waals surface area contributed by atoms with Gasteiger partial charge in [-0.3, -0.25) is 0 Å². The summed E-state index contributed by atoms with van der Waals surface area (Å²) in [4.78, 5) is 0. The van der Waals surface area contributed by atoms with E-state index in [1.807, 2.05) is 18.2 Å². The van der Waals surface area contributed by atoms with Crippen molar-refractivity contribution in [3.8, 4) is 0 Å². The number of aliphatic hydroxyl groups is 1. The maximum absolute atomic E-state index is 9.70. The molecule has 0 fully saturated rings. The van der Waals surface area contributed by atoms with Gasteiger partial charge in [0.1, 0.15) is 0 Å². The molecule has 2 aliphatic carbocycles. The highest BCUT2D eigenvalue weighted by atomic mass is 16.3. The normalized spacial score (nSPS) is 28.6.